The van der Waals surface area contributed by atoms with Gasteiger partial charge in [0.25, 0.3) is 0 Å². The molecule has 0 spiro atoms. The van der Waals surface area contributed by atoms with E-state index in [2.05, 4.69) is 37.4 Å². The minimum absolute atomic E-state index is 0.418. The smallest absolute Gasteiger partial charge is 0.00684 e. The van der Waals surface area contributed by atoms with Gasteiger partial charge in [0, 0.05) is 12.6 Å². The van der Waals surface area contributed by atoms with Gasteiger partial charge in [-0.1, -0.05) is 32.0 Å². The Kier molecular flexibility index (Phi) is 3.66. The molecule has 0 heterocycles. The van der Waals surface area contributed by atoms with Gasteiger partial charge in [0.1, 0.15) is 0 Å². The summed E-state index contributed by atoms with van der Waals surface area (Å²) in [5, 5.41) is 3.67. The normalized spacial score (nSPS) is 18.6. The molecule has 2 aliphatic carbocycles. The molecule has 0 bridgehead atoms. The van der Waals surface area contributed by atoms with E-state index in [-0.39, 0.29) is 0 Å². The van der Waals surface area contributed by atoms with Crippen molar-refractivity contribution < 1.29 is 0 Å². The minimum atomic E-state index is 0.418. The molecule has 1 fully saturated rings. The zero-order valence-electron chi connectivity index (χ0n) is 12.5. The van der Waals surface area contributed by atoms with E-state index >= 15 is 0 Å². The fourth-order valence-corrected chi connectivity index (χ4v) is 3.06. The Morgan fingerprint density at radius 3 is 2.74 bits per heavy atom. The highest BCUT2D eigenvalue weighted by Gasteiger charge is 2.25. The summed E-state index contributed by atoms with van der Waals surface area (Å²) in [6.07, 6.45) is 9.25. The van der Waals surface area contributed by atoms with Gasteiger partial charge in [-0.15, -0.1) is 0 Å². The van der Waals surface area contributed by atoms with Gasteiger partial charge >= 0.3 is 0 Å². The Balaban J connectivity index is 1.52. The summed E-state index contributed by atoms with van der Waals surface area (Å²) in [7, 11) is 0. The topological polar surface area (TPSA) is 12.0 Å². The molecule has 1 aromatic rings. The molecule has 0 atom stereocenters. The first-order valence-electron chi connectivity index (χ1n) is 7.96. The minimum Gasteiger partial charge on any atom is -0.313 e. The molecule has 0 radical (unpaired) electrons. The van der Waals surface area contributed by atoms with E-state index in [1.807, 2.05) is 0 Å². The highest BCUT2D eigenvalue weighted by Crippen LogP contribution is 2.27. The molecule has 1 aromatic carbocycles. The zero-order valence-corrected chi connectivity index (χ0v) is 12.5. The molecule has 0 aliphatic heterocycles. The number of fused-ring (bicyclic) bond motifs is 1. The van der Waals surface area contributed by atoms with Gasteiger partial charge in [0.05, 0.1) is 0 Å². The third-order valence-electron chi connectivity index (χ3n) is 4.70. The predicted molar refractivity (Wildman–Crippen MR) is 81.6 cm³/mol. The molecule has 1 heteroatoms. The second-order valence-corrected chi connectivity index (χ2v) is 7.28. The maximum Gasteiger partial charge on any atom is 0.00684 e. The van der Waals surface area contributed by atoms with E-state index in [1.165, 1.54) is 51.5 Å². The SMILES string of the molecule is CC(C)(CCc1ccc2c(c1)CCC2)CNC1CC1. The van der Waals surface area contributed by atoms with Crippen molar-refractivity contribution in [3.05, 3.63) is 34.9 Å². The Hall–Kier alpha value is -0.820. The van der Waals surface area contributed by atoms with E-state index < -0.39 is 0 Å². The molecule has 0 aromatic heterocycles. The number of benzene rings is 1. The summed E-state index contributed by atoms with van der Waals surface area (Å²) >= 11 is 0. The van der Waals surface area contributed by atoms with Crippen molar-refractivity contribution in [2.75, 3.05) is 6.54 Å². The second kappa shape index (κ2) is 5.28. The summed E-state index contributed by atoms with van der Waals surface area (Å²) < 4.78 is 0. The van der Waals surface area contributed by atoms with Gasteiger partial charge in [-0.05, 0) is 67.1 Å². The third-order valence-corrected chi connectivity index (χ3v) is 4.70. The van der Waals surface area contributed by atoms with Crippen LogP contribution < -0.4 is 5.32 Å². The van der Waals surface area contributed by atoms with Gasteiger partial charge in [-0.25, -0.2) is 0 Å². The van der Waals surface area contributed by atoms with Crippen LogP contribution in [-0.2, 0) is 19.3 Å². The molecular formula is C18H27N. The van der Waals surface area contributed by atoms with Crippen LogP contribution in [0.4, 0.5) is 0 Å². The third kappa shape index (κ3) is 3.60. The molecule has 1 N–H and O–H groups in total. The molecule has 1 saturated carbocycles. The number of aryl methyl sites for hydroxylation is 3. The Morgan fingerprint density at radius 2 is 1.95 bits per heavy atom. The lowest BCUT2D eigenvalue weighted by Gasteiger charge is -2.25. The van der Waals surface area contributed by atoms with E-state index in [0.717, 1.165) is 6.04 Å². The lowest BCUT2D eigenvalue weighted by Crippen LogP contribution is -2.31. The standard InChI is InChI=1S/C18H27N/c1-18(2,13-19-17-8-9-17)11-10-14-6-7-15-4-3-5-16(15)12-14/h6-7,12,17,19H,3-5,8-11,13H2,1-2H3. The predicted octanol–water partition coefficient (Wildman–Crippen LogP) is 3.89. The summed E-state index contributed by atoms with van der Waals surface area (Å²) in [4.78, 5) is 0. The van der Waals surface area contributed by atoms with Crippen LogP contribution in [0.3, 0.4) is 0 Å². The zero-order chi connectivity index (χ0) is 13.3. The summed E-state index contributed by atoms with van der Waals surface area (Å²) in [6.45, 7) is 5.97. The van der Waals surface area contributed by atoms with Gasteiger partial charge < -0.3 is 5.32 Å². The van der Waals surface area contributed by atoms with Gasteiger partial charge in [0.2, 0.25) is 0 Å². The summed E-state index contributed by atoms with van der Waals surface area (Å²) in [5.74, 6) is 0. The Labute approximate surface area is 117 Å². The molecule has 0 amide bonds. The van der Waals surface area contributed by atoms with Gasteiger partial charge in [-0.3, -0.25) is 0 Å². The first-order chi connectivity index (χ1) is 9.12. The van der Waals surface area contributed by atoms with Crippen LogP contribution >= 0.6 is 0 Å². The van der Waals surface area contributed by atoms with Crippen molar-refractivity contribution in [2.45, 2.75) is 64.8 Å². The maximum absolute atomic E-state index is 3.67. The highest BCUT2D eigenvalue weighted by atomic mass is 15.0. The Bertz CT molecular complexity index is 443. The van der Waals surface area contributed by atoms with Crippen molar-refractivity contribution in [3.63, 3.8) is 0 Å². The average Bonchev–Trinajstić information content (AvgIpc) is 3.11. The van der Waals surface area contributed by atoms with Crippen LogP contribution in [0.5, 0.6) is 0 Å². The number of rotatable bonds is 6. The van der Waals surface area contributed by atoms with Crippen molar-refractivity contribution in [1.29, 1.82) is 0 Å². The van der Waals surface area contributed by atoms with Crippen molar-refractivity contribution >= 4 is 0 Å². The number of hydrogen-bond donors (Lipinski definition) is 1. The molecule has 1 nitrogen and oxygen atoms in total. The molecule has 19 heavy (non-hydrogen) atoms. The average molecular weight is 257 g/mol. The van der Waals surface area contributed by atoms with E-state index in [4.69, 9.17) is 0 Å². The van der Waals surface area contributed by atoms with Crippen molar-refractivity contribution in [2.24, 2.45) is 5.41 Å². The summed E-state index contributed by atoms with van der Waals surface area (Å²) in [6, 6.07) is 8.02. The molecule has 3 rings (SSSR count). The lowest BCUT2D eigenvalue weighted by atomic mass is 9.85. The van der Waals surface area contributed by atoms with Crippen LogP contribution in [0, 0.1) is 5.41 Å². The van der Waals surface area contributed by atoms with Gasteiger partial charge in [-0.2, -0.15) is 0 Å². The van der Waals surface area contributed by atoms with Crippen LogP contribution in [0.25, 0.3) is 0 Å². The quantitative estimate of drug-likeness (QED) is 0.815. The fourth-order valence-electron chi connectivity index (χ4n) is 3.06. The molecule has 0 unspecified atom stereocenters. The second-order valence-electron chi connectivity index (χ2n) is 7.28. The first-order valence-corrected chi connectivity index (χ1v) is 7.96. The van der Waals surface area contributed by atoms with Crippen LogP contribution in [-0.4, -0.2) is 12.6 Å². The summed E-state index contributed by atoms with van der Waals surface area (Å²) in [5.41, 5.74) is 5.17. The van der Waals surface area contributed by atoms with Crippen LogP contribution in [0.2, 0.25) is 0 Å². The van der Waals surface area contributed by atoms with Gasteiger partial charge in [0.15, 0.2) is 0 Å². The monoisotopic (exact) mass is 257 g/mol. The molecule has 0 saturated heterocycles. The lowest BCUT2D eigenvalue weighted by molar-refractivity contribution is 0.313. The fraction of sp³-hybridized carbons (Fsp3) is 0.667. The Morgan fingerprint density at radius 1 is 1.16 bits per heavy atom. The molecule has 104 valence electrons. The van der Waals surface area contributed by atoms with Crippen molar-refractivity contribution in [3.8, 4) is 0 Å². The van der Waals surface area contributed by atoms with Crippen LogP contribution in [0.1, 0.15) is 56.2 Å². The largest absolute Gasteiger partial charge is 0.313 e. The van der Waals surface area contributed by atoms with E-state index in [9.17, 15) is 0 Å². The molecular weight excluding hydrogens is 230 g/mol. The van der Waals surface area contributed by atoms with E-state index in [1.54, 1.807) is 16.7 Å². The van der Waals surface area contributed by atoms with Crippen molar-refractivity contribution in [1.82, 2.24) is 5.32 Å². The van der Waals surface area contributed by atoms with E-state index in [0.29, 0.717) is 5.41 Å². The first kappa shape index (κ1) is 13.2. The number of hydrogen-bond acceptors (Lipinski definition) is 1. The number of nitrogens with one attached hydrogen (secondary N) is 1. The highest BCUT2D eigenvalue weighted by molar-refractivity contribution is 5.35. The molecule has 2 aliphatic rings. The maximum atomic E-state index is 3.67. The van der Waals surface area contributed by atoms with Crippen LogP contribution in [0.15, 0.2) is 18.2 Å².